The van der Waals surface area contributed by atoms with Gasteiger partial charge in [-0.15, -0.1) is 10.2 Å². The monoisotopic (exact) mass is 418 g/mol. The van der Waals surface area contributed by atoms with E-state index >= 15 is 0 Å². The van der Waals surface area contributed by atoms with E-state index in [0.717, 1.165) is 28.0 Å². The molecule has 0 saturated carbocycles. The highest BCUT2D eigenvalue weighted by molar-refractivity contribution is 8.00. The van der Waals surface area contributed by atoms with Crippen molar-refractivity contribution < 1.29 is 9.21 Å². The maximum atomic E-state index is 13.1. The third-order valence-electron chi connectivity index (χ3n) is 4.84. The second-order valence-corrected chi connectivity index (χ2v) is 8.46. The summed E-state index contributed by atoms with van der Waals surface area (Å²) < 4.78 is 7.50. The minimum atomic E-state index is -0.313. The molecule has 6 nitrogen and oxygen atoms in total. The van der Waals surface area contributed by atoms with E-state index in [1.54, 1.807) is 18.7 Å². The van der Waals surface area contributed by atoms with Gasteiger partial charge in [-0.05, 0) is 56.7 Å². The highest BCUT2D eigenvalue weighted by Gasteiger charge is 2.23. The fourth-order valence-electron chi connectivity index (χ4n) is 3.22. The lowest BCUT2D eigenvalue weighted by Gasteiger charge is -2.14. The van der Waals surface area contributed by atoms with Crippen LogP contribution in [0, 0.1) is 13.8 Å². The quantitative estimate of drug-likeness (QED) is 0.312. The first-order valence-electron chi connectivity index (χ1n) is 9.67. The smallest absolute Gasteiger partial charge is 0.192 e. The van der Waals surface area contributed by atoms with E-state index in [2.05, 4.69) is 15.2 Å². The molecular weight excluding hydrogens is 396 g/mol. The van der Waals surface area contributed by atoms with E-state index in [0.29, 0.717) is 17.5 Å². The molecule has 0 fully saturated rings. The van der Waals surface area contributed by atoms with Crippen molar-refractivity contribution in [3.05, 3.63) is 83.6 Å². The zero-order chi connectivity index (χ0) is 21.1. The number of thioether (sulfide) groups is 1. The molecule has 0 aliphatic heterocycles. The summed E-state index contributed by atoms with van der Waals surface area (Å²) in [7, 11) is 0. The average molecular weight is 419 g/mol. The Balaban J connectivity index is 1.65. The van der Waals surface area contributed by atoms with Crippen LogP contribution in [-0.4, -0.2) is 30.8 Å². The third-order valence-corrected chi connectivity index (χ3v) is 5.92. The number of carbonyl (C=O) groups excluding carboxylic acids is 1. The summed E-state index contributed by atoms with van der Waals surface area (Å²) in [6.45, 7) is 6.33. The van der Waals surface area contributed by atoms with Crippen LogP contribution >= 0.6 is 11.8 Å². The molecule has 0 saturated heterocycles. The van der Waals surface area contributed by atoms with Gasteiger partial charge in [-0.25, -0.2) is 0 Å². The summed E-state index contributed by atoms with van der Waals surface area (Å²) in [6, 6.07) is 13.5. The van der Waals surface area contributed by atoms with Gasteiger partial charge in [0.1, 0.15) is 5.76 Å². The van der Waals surface area contributed by atoms with E-state index in [1.807, 2.05) is 67.8 Å². The Morgan fingerprint density at radius 3 is 2.77 bits per heavy atom. The van der Waals surface area contributed by atoms with E-state index in [-0.39, 0.29) is 11.0 Å². The Kier molecular flexibility index (Phi) is 5.81. The lowest BCUT2D eigenvalue weighted by atomic mass is 10.0. The van der Waals surface area contributed by atoms with Crippen molar-refractivity contribution in [3.63, 3.8) is 0 Å². The van der Waals surface area contributed by atoms with E-state index in [9.17, 15) is 4.79 Å². The molecule has 4 aromatic rings. The minimum absolute atomic E-state index is 0.0803. The number of rotatable bonds is 7. The van der Waals surface area contributed by atoms with E-state index < -0.39 is 0 Å². The van der Waals surface area contributed by atoms with Crippen molar-refractivity contribution in [3.8, 4) is 11.4 Å². The first-order valence-corrected chi connectivity index (χ1v) is 10.5. The largest absolute Gasteiger partial charge is 0.467 e. The maximum absolute atomic E-state index is 13.1. The number of aryl methyl sites for hydroxylation is 2. The highest BCUT2D eigenvalue weighted by Crippen LogP contribution is 2.29. The molecule has 4 rings (SSSR count). The number of aromatic nitrogens is 4. The van der Waals surface area contributed by atoms with Crippen LogP contribution in [0.1, 0.15) is 34.2 Å². The van der Waals surface area contributed by atoms with Gasteiger partial charge < -0.3 is 4.42 Å². The lowest BCUT2D eigenvalue weighted by molar-refractivity contribution is 0.0993. The Labute approximate surface area is 179 Å². The van der Waals surface area contributed by atoms with Crippen molar-refractivity contribution in [1.29, 1.82) is 0 Å². The highest BCUT2D eigenvalue weighted by atomic mass is 32.2. The first-order chi connectivity index (χ1) is 14.5. The Bertz CT molecular complexity index is 1150. The van der Waals surface area contributed by atoms with Gasteiger partial charge in [-0.3, -0.25) is 14.3 Å². The number of nitrogens with zero attached hydrogens (tertiary/aromatic N) is 4. The average Bonchev–Trinajstić information content (AvgIpc) is 3.41. The maximum Gasteiger partial charge on any atom is 0.192 e. The van der Waals surface area contributed by atoms with Gasteiger partial charge in [-0.1, -0.05) is 29.5 Å². The Morgan fingerprint density at radius 2 is 2.03 bits per heavy atom. The van der Waals surface area contributed by atoms with Crippen LogP contribution < -0.4 is 0 Å². The number of furan rings is 1. The van der Waals surface area contributed by atoms with Gasteiger partial charge in [0, 0.05) is 23.5 Å². The first kappa shape index (κ1) is 20.1. The van der Waals surface area contributed by atoms with Gasteiger partial charge in [0.25, 0.3) is 0 Å². The summed E-state index contributed by atoms with van der Waals surface area (Å²) in [5.41, 5.74) is 3.66. The SMILES string of the molecule is Cc1ccc(C)c(C(=O)C(C)Sc2nnc(-c3cccnc3)n2Cc2ccco2)c1. The summed E-state index contributed by atoms with van der Waals surface area (Å²) in [6.07, 6.45) is 5.11. The van der Waals surface area contributed by atoms with E-state index in [4.69, 9.17) is 4.42 Å². The molecular formula is C23H22N4O2S. The van der Waals surface area contributed by atoms with Crippen LogP contribution in [0.3, 0.4) is 0 Å². The molecule has 3 aromatic heterocycles. The number of benzene rings is 1. The van der Waals surface area contributed by atoms with E-state index in [1.165, 1.54) is 11.8 Å². The van der Waals surface area contributed by atoms with Crippen molar-refractivity contribution in [2.24, 2.45) is 0 Å². The standard InChI is InChI=1S/C23H22N4O2S/c1-15-8-9-16(2)20(12-15)21(28)17(3)30-23-26-25-22(18-6-4-10-24-13-18)27(23)14-19-7-5-11-29-19/h4-13,17H,14H2,1-3H3. The van der Waals surface area contributed by atoms with Crippen LogP contribution in [0.5, 0.6) is 0 Å². The summed E-state index contributed by atoms with van der Waals surface area (Å²) >= 11 is 1.40. The molecule has 0 aliphatic carbocycles. The normalized spacial score (nSPS) is 12.1. The molecule has 7 heteroatoms. The molecule has 152 valence electrons. The van der Waals surface area contributed by atoms with Crippen molar-refractivity contribution in [1.82, 2.24) is 19.7 Å². The van der Waals surface area contributed by atoms with Crippen LogP contribution in [0.2, 0.25) is 0 Å². The number of hydrogen-bond donors (Lipinski definition) is 0. The predicted octanol–water partition coefficient (Wildman–Crippen LogP) is 4.96. The van der Waals surface area contributed by atoms with Crippen LogP contribution in [0.4, 0.5) is 0 Å². The summed E-state index contributed by atoms with van der Waals surface area (Å²) in [5, 5.41) is 9.12. The molecule has 0 N–H and O–H groups in total. The Morgan fingerprint density at radius 1 is 1.17 bits per heavy atom. The zero-order valence-electron chi connectivity index (χ0n) is 17.1. The van der Waals surface area contributed by atoms with Gasteiger partial charge in [0.2, 0.25) is 0 Å². The number of pyridine rings is 1. The van der Waals surface area contributed by atoms with Gasteiger partial charge in [-0.2, -0.15) is 0 Å². The minimum Gasteiger partial charge on any atom is -0.467 e. The molecule has 0 spiro atoms. The number of carbonyl (C=O) groups is 1. The summed E-state index contributed by atoms with van der Waals surface area (Å²) in [5.74, 6) is 1.56. The number of hydrogen-bond acceptors (Lipinski definition) is 6. The topological polar surface area (TPSA) is 73.8 Å². The summed E-state index contributed by atoms with van der Waals surface area (Å²) in [4.78, 5) is 17.3. The molecule has 0 radical (unpaired) electrons. The lowest BCUT2D eigenvalue weighted by Crippen LogP contribution is -2.16. The van der Waals surface area contributed by atoms with Crippen molar-refractivity contribution in [2.45, 2.75) is 37.7 Å². The van der Waals surface area contributed by atoms with Crippen molar-refractivity contribution >= 4 is 17.5 Å². The molecule has 1 unspecified atom stereocenters. The molecule has 3 heterocycles. The Hall–Kier alpha value is -3.19. The second-order valence-electron chi connectivity index (χ2n) is 7.16. The third kappa shape index (κ3) is 4.21. The van der Waals surface area contributed by atoms with Gasteiger partial charge >= 0.3 is 0 Å². The van der Waals surface area contributed by atoms with Gasteiger partial charge in [0.05, 0.1) is 18.1 Å². The molecule has 30 heavy (non-hydrogen) atoms. The van der Waals surface area contributed by atoms with Crippen LogP contribution in [0.15, 0.2) is 70.7 Å². The number of ketones is 1. The molecule has 0 amide bonds. The predicted molar refractivity (Wildman–Crippen MR) is 117 cm³/mol. The fraction of sp³-hybridized carbons (Fsp3) is 0.217. The number of Topliss-reactive ketones (excluding diaryl/α,β-unsaturated/α-hetero) is 1. The van der Waals surface area contributed by atoms with Gasteiger partial charge in [0.15, 0.2) is 16.8 Å². The van der Waals surface area contributed by atoms with Crippen LogP contribution in [0.25, 0.3) is 11.4 Å². The zero-order valence-corrected chi connectivity index (χ0v) is 17.9. The molecule has 0 aliphatic rings. The second kappa shape index (κ2) is 8.67. The fourth-order valence-corrected chi connectivity index (χ4v) is 4.13. The van der Waals surface area contributed by atoms with Crippen LogP contribution in [-0.2, 0) is 6.54 Å². The molecule has 0 bridgehead atoms. The molecule has 1 aromatic carbocycles. The molecule has 1 atom stereocenters. The van der Waals surface area contributed by atoms with Crippen molar-refractivity contribution in [2.75, 3.05) is 0 Å².